The van der Waals surface area contributed by atoms with E-state index in [4.69, 9.17) is 14.2 Å². The van der Waals surface area contributed by atoms with Gasteiger partial charge in [0, 0.05) is 48.3 Å². The topological polar surface area (TPSA) is 134 Å². The second-order valence-electron chi connectivity index (χ2n) is 11.6. The molecule has 0 saturated carbocycles. The number of carbonyl (C=O) groups is 3. The van der Waals surface area contributed by atoms with Gasteiger partial charge in [-0.1, -0.05) is 6.07 Å². The number of anilines is 3. The highest BCUT2D eigenvalue weighted by Crippen LogP contribution is 2.33. The first-order valence-corrected chi connectivity index (χ1v) is 15.6. The highest BCUT2D eigenvalue weighted by Gasteiger charge is 2.21. The number of carbonyl (C=O) groups excluding carboxylic acids is 3. The summed E-state index contributed by atoms with van der Waals surface area (Å²) in [5.41, 5.74) is 1.83. The van der Waals surface area contributed by atoms with Gasteiger partial charge in [0.2, 0.25) is 0 Å². The van der Waals surface area contributed by atoms with E-state index < -0.39 is 17.6 Å². The van der Waals surface area contributed by atoms with E-state index in [-0.39, 0.29) is 11.7 Å². The molecule has 44 heavy (non-hydrogen) atoms. The second-order valence-corrected chi connectivity index (χ2v) is 12.3. The van der Waals surface area contributed by atoms with Crippen LogP contribution in [0.1, 0.15) is 49.7 Å². The average Bonchev–Trinajstić information content (AvgIpc) is 3.67. The molecule has 2 aliphatic heterocycles. The normalized spacial score (nSPS) is 14.5. The van der Waals surface area contributed by atoms with Crippen molar-refractivity contribution in [2.75, 3.05) is 55.3 Å². The summed E-state index contributed by atoms with van der Waals surface area (Å²) in [6.45, 7) is 9.96. The number of urea groups is 1. The lowest BCUT2D eigenvalue weighted by atomic mass is 10.2. The molecule has 1 saturated heterocycles. The van der Waals surface area contributed by atoms with E-state index in [1.54, 1.807) is 73.0 Å². The van der Waals surface area contributed by atoms with E-state index >= 15 is 0 Å². The lowest BCUT2D eigenvalue weighted by Crippen LogP contribution is -2.40. The Hall–Kier alpha value is -4.36. The van der Waals surface area contributed by atoms with Crippen LogP contribution in [0.2, 0.25) is 0 Å². The Kier molecular flexibility index (Phi) is 9.85. The van der Waals surface area contributed by atoms with Gasteiger partial charge >= 0.3 is 12.1 Å². The van der Waals surface area contributed by atoms with E-state index in [2.05, 4.69) is 25.8 Å². The molecule has 1 fully saturated rings. The molecule has 1 aromatic carbocycles. The van der Waals surface area contributed by atoms with Crippen LogP contribution in [0.5, 0.6) is 11.5 Å². The molecule has 13 heteroatoms. The van der Waals surface area contributed by atoms with Gasteiger partial charge in [-0.15, -0.1) is 11.3 Å². The maximum atomic E-state index is 13.4. The van der Waals surface area contributed by atoms with Gasteiger partial charge in [-0.3, -0.25) is 15.1 Å². The number of thiophene rings is 1. The SMILES string of the molecule is CC(C)(C)OC(=O)Nc1cscc1NC(=O)c1ccc(CN(CCN2CCCC2)C(=O)Nc2ccc3c(c2)OCCO3)cn1. The number of aromatic nitrogens is 1. The van der Waals surface area contributed by atoms with Crippen molar-refractivity contribution >= 4 is 46.4 Å². The Morgan fingerprint density at radius 3 is 2.41 bits per heavy atom. The standard InChI is InChI=1S/C31H38N6O6S/c1-31(2,3)43-30(40)35-25-20-44-19-24(25)34-28(38)23-8-6-21(17-32-23)18-37(13-12-36-10-4-5-11-36)29(39)33-22-7-9-26-27(16-22)42-15-14-41-26/h6-9,16-17,19-20H,4-5,10-15,18H2,1-3H3,(H,33,39)(H,34,38)(H,35,40). The van der Waals surface area contributed by atoms with Crippen molar-refractivity contribution in [2.24, 2.45) is 0 Å². The van der Waals surface area contributed by atoms with E-state index in [9.17, 15) is 14.4 Å². The third-order valence-electron chi connectivity index (χ3n) is 6.94. The average molecular weight is 623 g/mol. The first-order valence-electron chi connectivity index (χ1n) is 14.6. The van der Waals surface area contributed by atoms with E-state index in [1.807, 2.05) is 0 Å². The lowest BCUT2D eigenvalue weighted by molar-refractivity contribution is 0.0635. The van der Waals surface area contributed by atoms with Crippen LogP contribution in [0, 0.1) is 0 Å². The fraction of sp³-hybridized carbons (Fsp3) is 0.419. The molecule has 12 nitrogen and oxygen atoms in total. The minimum atomic E-state index is -0.648. The summed E-state index contributed by atoms with van der Waals surface area (Å²) in [7, 11) is 0. The van der Waals surface area contributed by atoms with Gasteiger partial charge in [0.05, 0.1) is 11.4 Å². The van der Waals surface area contributed by atoms with Crippen LogP contribution in [0.25, 0.3) is 0 Å². The highest BCUT2D eigenvalue weighted by atomic mass is 32.1. The molecule has 234 valence electrons. The summed E-state index contributed by atoms with van der Waals surface area (Å²) in [6, 6.07) is 8.51. The van der Waals surface area contributed by atoms with Crippen molar-refractivity contribution < 1.29 is 28.6 Å². The summed E-state index contributed by atoms with van der Waals surface area (Å²) >= 11 is 1.33. The number of benzene rings is 1. The smallest absolute Gasteiger partial charge is 0.412 e. The van der Waals surface area contributed by atoms with Crippen LogP contribution >= 0.6 is 11.3 Å². The zero-order chi connectivity index (χ0) is 31.1. The van der Waals surface area contributed by atoms with Crippen LogP contribution in [0.4, 0.5) is 26.7 Å². The van der Waals surface area contributed by atoms with Crippen LogP contribution in [0.3, 0.4) is 0 Å². The summed E-state index contributed by atoms with van der Waals surface area (Å²) in [4.78, 5) is 47.0. The molecule has 0 radical (unpaired) electrons. The molecule has 2 aliphatic rings. The van der Waals surface area contributed by atoms with Gasteiger partial charge in [-0.05, 0) is 70.5 Å². The molecule has 0 atom stereocenters. The van der Waals surface area contributed by atoms with Crippen LogP contribution < -0.4 is 25.4 Å². The number of amides is 4. The number of pyridine rings is 1. The quantitative estimate of drug-likeness (QED) is 0.279. The lowest BCUT2D eigenvalue weighted by Gasteiger charge is -2.26. The first kappa shape index (κ1) is 31.1. The van der Waals surface area contributed by atoms with Crippen molar-refractivity contribution in [1.82, 2.24) is 14.8 Å². The van der Waals surface area contributed by atoms with Gasteiger partial charge in [0.15, 0.2) is 11.5 Å². The van der Waals surface area contributed by atoms with E-state index in [0.29, 0.717) is 54.9 Å². The number of nitrogens with zero attached hydrogens (tertiary/aromatic N) is 3. The summed E-state index contributed by atoms with van der Waals surface area (Å²) < 4.78 is 16.5. The monoisotopic (exact) mass is 622 g/mol. The Balaban J connectivity index is 1.22. The number of hydrogen-bond acceptors (Lipinski definition) is 9. The van der Waals surface area contributed by atoms with E-state index in [1.165, 1.54) is 24.2 Å². The number of nitrogens with one attached hydrogen (secondary N) is 3. The summed E-state index contributed by atoms with van der Waals surface area (Å²) in [6.07, 6.45) is 3.32. The zero-order valence-corrected chi connectivity index (χ0v) is 26.0. The van der Waals surface area contributed by atoms with E-state index in [0.717, 1.165) is 25.2 Å². The Labute approximate surface area is 260 Å². The number of fused-ring (bicyclic) bond motifs is 1. The van der Waals surface area contributed by atoms with Gasteiger partial charge in [-0.2, -0.15) is 0 Å². The highest BCUT2D eigenvalue weighted by molar-refractivity contribution is 7.09. The Bertz CT molecular complexity index is 1470. The molecular weight excluding hydrogens is 584 g/mol. The molecule has 0 spiro atoms. The van der Waals surface area contributed by atoms with Crippen LogP contribution in [-0.4, -0.2) is 77.8 Å². The molecular formula is C31H38N6O6S. The van der Waals surface area contributed by atoms with Crippen molar-refractivity contribution in [3.05, 3.63) is 58.5 Å². The molecule has 3 N–H and O–H groups in total. The van der Waals surface area contributed by atoms with Crippen molar-refractivity contribution in [2.45, 2.75) is 45.8 Å². The zero-order valence-electron chi connectivity index (χ0n) is 25.2. The van der Waals surface area contributed by atoms with Crippen molar-refractivity contribution in [3.63, 3.8) is 0 Å². The largest absolute Gasteiger partial charge is 0.486 e. The molecule has 3 aromatic rings. The van der Waals surface area contributed by atoms with Crippen LogP contribution in [0.15, 0.2) is 47.3 Å². The third kappa shape index (κ3) is 8.60. The minimum Gasteiger partial charge on any atom is -0.486 e. The molecule has 4 heterocycles. The Morgan fingerprint density at radius 2 is 1.70 bits per heavy atom. The number of rotatable bonds is 9. The first-order chi connectivity index (χ1) is 21.1. The second kappa shape index (κ2) is 14.0. The van der Waals surface area contributed by atoms with Crippen LogP contribution in [-0.2, 0) is 11.3 Å². The van der Waals surface area contributed by atoms with Gasteiger partial charge in [0.1, 0.15) is 24.5 Å². The minimum absolute atomic E-state index is 0.201. The number of likely N-dealkylation sites (tertiary alicyclic amines) is 1. The molecule has 4 amide bonds. The fourth-order valence-corrected chi connectivity index (χ4v) is 5.52. The predicted octanol–water partition coefficient (Wildman–Crippen LogP) is 5.64. The number of ether oxygens (including phenoxy) is 3. The van der Waals surface area contributed by atoms with Crippen molar-refractivity contribution in [1.29, 1.82) is 0 Å². The summed E-state index contributed by atoms with van der Waals surface area (Å²) in [5.74, 6) is 0.834. The Morgan fingerprint density at radius 1 is 0.977 bits per heavy atom. The van der Waals surface area contributed by atoms with Crippen molar-refractivity contribution in [3.8, 4) is 11.5 Å². The van der Waals surface area contributed by atoms with Gasteiger partial charge < -0.3 is 34.6 Å². The predicted molar refractivity (Wildman–Crippen MR) is 169 cm³/mol. The number of hydrogen-bond donors (Lipinski definition) is 3. The summed E-state index contributed by atoms with van der Waals surface area (Å²) in [5, 5.41) is 11.9. The molecule has 0 bridgehead atoms. The maximum absolute atomic E-state index is 13.4. The van der Waals surface area contributed by atoms with Gasteiger partial charge in [-0.25, -0.2) is 9.59 Å². The van der Waals surface area contributed by atoms with Gasteiger partial charge in [0.25, 0.3) is 5.91 Å². The molecule has 5 rings (SSSR count). The fourth-order valence-electron chi connectivity index (χ4n) is 4.81. The third-order valence-corrected chi connectivity index (χ3v) is 7.69. The molecule has 2 aromatic heterocycles. The molecule has 0 unspecified atom stereocenters. The maximum Gasteiger partial charge on any atom is 0.412 e. The molecule has 0 aliphatic carbocycles.